The van der Waals surface area contributed by atoms with E-state index in [9.17, 15) is 14.7 Å². The maximum atomic E-state index is 11.6. The molecule has 0 saturated carbocycles. The first kappa shape index (κ1) is 12.9. The number of hydrogen-bond acceptors (Lipinski definition) is 4. The van der Waals surface area contributed by atoms with Crippen LogP contribution in [0.3, 0.4) is 0 Å². The van der Waals surface area contributed by atoms with E-state index in [-0.39, 0.29) is 12.0 Å². The predicted octanol–water partition coefficient (Wildman–Crippen LogP) is -0.713. The Hall–Kier alpha value is -1.14. The number of imide groups is 1. The van der Waals surface area contributed by atoms with Gasteiger partial charge in [-0.05, 0) is 26.3 Å². The van der Waals surface area contributed by atoms with E-state index < -0.39 is 12.1 Å². The molecule has 1 rings (SSSR count). The van der Waals surface area contributed by atoms with Crippen LogP contribution in [-0.4, -0.2) is 54.2 Å². The molecule has 0 aromatic carbocycles. The Bertz CT molecular complexity index is 270. The van der Waals surface area contributed by atoms with Crippen molar-refractivity contribution in [2.75, 3.05) is 20.1 Å². The largest absolute Gasteiger partial charge is 0.392 e. The van der Waals surface area contributed by atoms with Gasteiger partial charge in [-0.3, -0.25) is 15.0 Å². The average Bonchev–Trinajstić information content (AvgIpc) is 2.27. The minimum Gasteiger partial charge on any atom is -0.392 e. The normalized spacial score (nSPS) is 23.6. The standard InChI is InChI=1S/C10H19N3O3/c1-7(9(15)12-10(16)11-2)13-5-3-4-8(14)6-13/h7-8,14H,3-6H2,1-2H3,(H2,11,12,15,16)/t7?,8-/m0/s1. The summed E-state index contributed by atoms with van der Waals surface area (Å²) in [6.07, 6.45) is 1.28. The van der Waals surface area contributed by atoms with Gasteiger partial charge in [0.05, 0.1) is 12.1 Å². The fourth-order valence-corrected chi connectivity index (χ4v) is 1.78. The number of carbonyl (C=O) groups excluding carboxylic acids is 2. The van der Waals surface area contributed by atoms with Gasteiger partial charge in [0.25, 0.3) is 0 Å². The minimum absolute atomic E-state index is 0.339. The van der Waals surface area contributed by atoms with Crippen molar-refractivity contribution in [2.45, 2.75) is 31.9 Å². The van der Waals surface area contributed by atoms with Gasteiger partial charge < -0.3 is 10.4 Å². The Morgan fingerprint density at radius 2 is 2.19 bits per heavy atom. The SMILES string of the molecule is CNC(=O)NC(=O)C(C)N1CCC[C@H](O)C1. The van der Waals surface area contributed by atoms with E-state index in [0.29, 0.717) is 6.54 Å². The number of rotatable bonds is 2. The number of nitrogens with zero attached hydrogens (tertiary/aromatic N) is 1. The number of likely N-dealkylation sites (tertiary alicyclic amines) is 1. The first-order valence-corrected chi connectivity index (χ1v) is 5.49. The number of β-amino-alcohol motifs (C(OH)–C–C–N with tert-alkyl or cyclic N) is 1. The Morgan fingerprint density at radius 1 is 1.50 bits per heavy atom. The molecule has 92 valence electrons. The third-order valence-corrected chi connectivity index (χ3v) is 2.82. The number of piperidine rings is 1. The zero-order valence-corrected chi connectivity index (χ0v) is 9.69. The molecule has 16 heavy (non-hydrogen) atoms. The topological polar surface area (TPSA) is 81.7 Å². The van der Waals surface area contributed by atoms with Crippen LogP contribution in [0, 0.1) is 0 Å². The summed E-state index contributed by atoms with van der Waals surface area (Å²) >= 11 is 0. The molecule has 1 heterocycles. The van der Waals surface area contributed by atoms with Crippen molar-refractivity contribution in [3.63, 3.8) is 0 Å². The van der Waals surface area contributed by atoms with E-state index in [2.05, 4.69) is 10.6 Å². The van der Waals surface area contributed by atoms with Crippen LogP contribution >= 0.6 is 0 Å². The maximum absolute atomic E-state index is 11.6. The molecule has 1 unspecified atom stereocenters. The van der Waals surface area contributed by atoms with Gasteiger partial charge in [0.1, 0.15) is 0 Å². The highest BCUT2D eigenvalue weighted by Gasteiger charge is 2.26. The molecule has 0 aliphatic carbocycles. The zero-order chi connectivity index (χ0) is 12.1. The number of aliphatic hydroxyl groups excluding tert-OH is 1. The molecule has 1 fully saturated rings. The van der Waals surface area contributed by atoms with Crippen LogP contribution in [0.1, 0.15) is 19.8 Å². The highest BCUT2D eigenvalue weighted by Crippen LogP contribution is 2.12. The summed E-state index contributed by atoms with van der Waals surface area (Å²) in [5.74, 6) is -0.339. The van der Waals surface area contributed by atoms with Gasteiger partial charge in [0.15, 0.2) is 0 Å². The van der Waals surface area contributed by atoms with Gasteiger partial charge in [-0.2, -0.15) is 0 Å². The van der Waals surface area contributed by atoms with Crippen molar-refractivity contribution < 1.29 is 14.7 Å². The Labute approximate surface area is 95.0 Å². The molecule has 1 aliphatic heterocycles. The van der Waals surface area contributed by atoms with E-state index in [4.69, 9.17) is 0 Å². The number of aliphatic hydroxyl groups is 1. The second-order valence-electron chi connectivity index (χ2n) is 4.04. The predicted molar refractivity (Wildman–Crippen MR) is 58.9 cm³/mol. The minimum atomic E-state index is -0.505. The second kappa shape index (κ2) is 5.81. The molecule has 0 aromatic heterocycles. The zero-order valence-electron chi connectivity index (χ0n) is 9.69. The molecule has 0 radical (unpaired) electrons. The summed E-state index contributed by atoms with van der Waals surface area (Å²) in [6.45, 7) is 3.00. The van der Waals surface area contributed by atoms with Gasteiger partial charge in [0, 0.05) is 13.6 Å². The van der Waals surface area contributed by atoms with Gasteiger partial charge >= 0.3 is 6.03 Å². The smallest absolute Gasteiger partial charge is 0.321 e. The lowest BCUT2D eigenvalue weighted by Crippen LogP contribution is -2.52. The molecule has 6 heteroatoms. The average molecular weight is 229 g/mol. The van der Waals surface area contributed by atoms with Crippen molar-refractivity contribution in [1.29, 1.82) is 0 Å². The molecule has 3 amide bonds. The first-order chi connectivity index (χ1) is 7.54. The summed E-state index contributed by atoms with van der Waals surface area (Å²) in [7, 11) is 1.46. The molecule has 0 spiro atoms. The Balaban J connectivity index is 2.46. The van der Waals surface area contributed by atoms with E-state index in [1.165, 1.54) is 7.05 Å². The molecule has 3 N–H and O–H groups in total. The summed E-state index contributed by atoms with van der Waals surface area (Å²) in [5, 5.41) is 14.0. The van der Waals surface area contributed by atoms with Crippen LogP contribution in [0.25, 0.3) is 0 Å². The second-order valence-corrected chi connectivity index (χ2v) is 4.04. The molecular weight excluding hydrogens is 210 g/mol. The Kier molecular flexibility index (Phi) is 4.70. The molecule has 2 atom stereocenters. The van der Waals surface area contributed by atoms with Crippen LogP contribution in [0.5, 0.6) is 0 Å². The third kappa shape index (κ3) is 3.46. The number of hydrogen-bond donors (Lipinski definition) is 3. The molecule has 1 aliphatic rings. The lowest BCUT2D eigenvalue weighted by Gasteiger charge is -2.33. The molecule has 0 bridgehead atoms. The number of carbonyl (C=O) groups is 2. The maximum Gasteiger partial charge on any atom is 0.321 e. The summed E-state index contributed by atoms with van der Waals surface area (Å²) in [5.41, 5.74) is 0. The number of nitrogens with one attached hydrogen (secondary N) is 2. The van der Waals surface area contributed by atoms with Gasteiger partial charge in [-0.15, -0.1) is 0 Å². The van der Waals surface area contributed by atoms with Crippen LogP contribution in [0.2, 0.25) is 0 Å². The van der Waals surface area contributed by atoms with Crippen molar-refractivity contribution in [1.82, 2.24) is 15.5 Å². The highest BCUT2D eigenvalue weighted by molar-refractivity contribution is 5.96. The molecule has 0 aromatic rings. The molecular formula is C10H19N3O3. The van der Waals surface area contributed by atoms with Crippen LogP contribution in [0.15, 0.2) is 0 Å². The molecule has 6 nitrogen and oxygen atoms in total. The van der Waals surface area contributed by atoms with Crippen LogP contribution in [0.4, 0.5) is 4.79 Å². The summed E-state index contributed by atoms with van der Waals surface area (Å²) < 4.78 is 0. The monoisotopic (exact) mass is 229 g/mol. The van der Waals surface area contributed by atoms with E-state index in [1.54, 1.807) is 6.92 Å². The molecule has 1 saturated heterocycles. The van der Waals surface area contributed by atoms with Crippen LogP contribution < -0.4 is 10.6 Å². The highest BCUT2D eigenvalue weighted by atomic mass is 16.3. The van der Waals surface area contributed by atoms with Gasteiger partial charge in [0.2, 0.25) is 5.91 Å². The third-order valence-electron chi connectivity index (χ3n) is 2.82. The Morgan fingerprint density at radius 3 is 2.75 bits per heavy atom. The van der Waals surface area contributed by atoms with Crippen LogP contribution in [-0.2, 0) is 4.79 Å². The van der Waals surface area contributed by atoms with Crippen molar-refractivity contribution in [3.05, 3.63) is 0 Å². The quantitative estimate of drug-likeness (QED) is 0.584. The fraction of sp³-hybridized carbons (Fsp3) is 0.800. The van der Waals surface area contributed by atoms with Crippen molar-refractivity contribution in [3.8, 4) is 0 Å². The van der Waals surface area contributed by atoms with E-state index >= 15 is 0 Å². The van der Waals surface area contributed by atoms with E-state index in [1.807, 2.05) is 4.90 Å². The summed E-state index contributed by atoms with van der Waals surface area (Å²) in [6, 6.07) is -0.901. The van der Waals surface area contributed by atoms with Crippen molar-refractivity contribution in [2.24, 2.45) is 0 Å². The lowest BCUT2D eigenvalue weighted by molar-refractivity contribution is -0.125. The van der Waals surface area contributed by atoms with Crippen molar-refractivity contribution >= 4 is 11.9 Å². The number of urea groups is 1. The first-order valence-electron chi connectivity index (χ1n) is 5.49. The van der Waals surface area contributed by atoms with Gasteiger partial charge in [-0.1, -0.05) is 0 Å². The number of amides is 3. The van der Waals surface area contributed by atoms with Gasteiger partial charge in [-0.25, -0.2) is 4.79 Å². The fourth-order valence-electron chi connectivity index (χ4n) is 1.78. The summed E-state index contributed by atoms with van der Waals surface area (Å²) in [4.78, 5) is 24.5. The lowest BCUT2D eigenvalue weighted by atomic mass is 10.1. The van der Waals surface area contributed by atoms with E-state index in [0.717, 1.165) is 19.4 Å².